The maximum Gasteiger partial charge on any atom is 0.338 e. The van der Waals surface area contributed by atoms with Crippen LogP contribution in [0.1, 0.15) is 33.2 Å². The van der Waals surface area contributed by atoms with Gasteiger partial charge in [0, 0.05) is 10.0 Å². The fourth-order valence-corrected chi connectivity index (χ4v) is 2.14. The number of carbonyl (C=O) groups excluding carboxylic acids is 2. The fourth-order valence-electron chi connectivity index (χ4n) is 1.88. The van der Waals surface area contributed by atoms with Gasteiger partial charge in [0.15, 0.2) is 6.10 Å². The van der Waals surface area contributed by atoms with Gasteiger partial charge in [-0.3, -0.25) is 4.79 Å². The molecule has 0 heterocycles. The van der Waals surface area contributed by atoms with E-state index in [1.807, 2.05) is 0 Å². The largest absolute Gasteiger partial charge is 0.451 e. The van der Waals surface area contributed by atoms with E-state index in [2.05, 4.69) is 15.9 Å². The Morgan fingerprint density at radius 1 is 1.05 bits per heavy atom. The zero-order valence-electron chi connectivity index (χ0n) is 12.0. The Balaban J connectivity index is 2.03. The Kier molecular flexibility index (Phi) is 5.46. The smallest absolute Gasteiger partial charge is 0.338 e. The first-order valence-corrected chi connectivity index (χ1v) is 7.51. The number of aliphatic hydroxyl groups is 1. The highest BCUT2D eigenvalue weighted by molar-refractivity contribution is 9.10. The maximum atomic E-state index is 12.2. The molecule has 1 atom stereocenters. The predicted molar refractivity (Wildman–Crippen MR) is 85.7 cm³/mol. The molecule has 4 nitrogen and oxygen atoms in total. The van der Waals surface area contributed by atoms with Crippen molar-refractivity contribution in [2.75, 3.05) is 0 Å². The van der Waals surface area contributed by atoms with Crippen LogP contribution in [-0.4, -0.2) is 23.0 Å². The third-order valence-corrected chi connectivity index (χ3v) is 3.68. The van der Waals surface area contributed by atoms with E-state index in [0.717, 1.165) is 4.47 Å². The van der Waals surface area contributed by atoms with Crippen molar-refractivity contribution >= 4 is 27.7 Å². The zero-order chi connectivity index (χ0) is 16.1. The molecule has 22 heavy (non-hydrogen) atoms. The Bertz CT molecular complexity index is 662. The minimum atomic E-state index is -0.869. The van der Waals surface area contributed by atoms with Gasteiger partial charge in [-0.1, -0.05) is 40.2 Å². The number of ketones is 1. The minimum absolute atomic E-state index is 0.0895. The number of benzene rings is 2. The van der Waals surface area contributed by atoms with Gasteiger partial charge in [0.25, 0.3) is 0 Å². The van der Waals surface area contributed by atoms with E-state index in [1.54, 1.807) is 55.5 Å². The highest BCUT2D eigenvalue weighted by Gasteiger charge is 2.20. The number of halogens is 1. The molecule has 0 unspecified atom stereocenters. The van der Waals surface area contributed by atoms with Gasteiger partial charge in [0.05, 0.1) is 12.2 Å². The number of hydrogen-bond donors (Lipinski definition) is 1. The molecule has 0 radical (unpaired) electrons. The van der Waals surface area contributed by atoms with Crippen LogP contribution in [-0.2, 0) is 11.3 Å². The molecule has 0 aliphatic carbocycles. The van der Waals surface area contributed by atoms with Crippen molar-refractivity contribution in [3.05, 3.63) is 69.7 Å². The SMILES string of the molecule is C[C@@H](OC(=O)c1ccc(CO)cc1)C(=O)c1ccc(Br)cc1. The quantitative estimate of drug-likeness (QED) is 0.654. The topological polar surface area (TPSA) is 63.6 Å². The number of rotatable bonds is 5. The molecular formula is C17H15BrO4. The molecule has 114 valence electrons. The van der Waals surface area contributed by atoms with Gasteiger partial charge >= 0.3 is 5.97 Å². The van der Waals surface area contributed by atoms with Crippen LogP contribution in [0.15, 0.2) is 53.0 Å². The molecular weight excluding hydrogens is 348 g/mol. The number of carbonyl (C=O) groups is 2. The molecule has 0 saturated heterocycles. The lowest BCUT2D eigenvalue weighted by atomic mass is 10.1. The minimum Gasteiger partial charge on any atom is -0.451 e. The molecule has 0 aliphatic heterocycles. The van der Waals surface area contributed by atoms with Crippen molar-refractivity contribution in [1.29, 1.82) is 0 Å². The van der Waals surface area contributed by atoms with E-state index in [0.29, 0.717) is 16.7 Å². The molecule has 5 heteroatoms. The van der Waals surface area contributed by atoms with Crippen LogP contribution in [0, 0.1) is 0 Å². The van der Waals surface area contributed by atoms with Crippen molar-refractivity contribution < 1.29 is 19.4 Å². The van der Waals surface area contributed by atoms with Gasteiger partial charge < -0.3 is 9.84 Å². The van der Waals surface area contributed by atoms with Crippen molar-refractivity contribution in [2.24, 2.45) is 0 Å². The summed E-state index contributed by atoms with van der Waals surface area (Å²) in [6.45, 7) is 1.46. The maximum absolute atomic E-state index is 12.2. The second kappa shape index (κ2) is 7.33. The lowest BCUT2D eigenvalue weighted by molar-refractivity contribution is 0.0319. The van der Waals surface area contributed by atoms with E-state index in [1.165, 1.54) is 0 Å². The van der Waals surface area contributed by atoms with Crippen LogP contribution >= 0.6 is 15.9 Å². The Hall–Kier alpha value is -1.98. The Morgan fingerprint density at radius 3 is 2.14 bits per heavy atom. The molecule has 0 saturated carbocycles. The molecule has 0 fully saturated rings. The van der Waals surface area contributed by atoms with Crippen molar-refractivity contribution in [3.8, 4) is 0 Å². The van der Waals surface area contributed by atoms with Crippen molar-refractivity contribution in [2.45, 2.75) is 19.6 Å². The molecule has 0 aliphatic rings. The number of hydrogen-bond acceptors (Lipinski definition) is 4. The number of ether oxygens (including phenoxy) is 1. The Morgan fingerprint density at radius 2 is 1.59 bits per heavy atom. The monoisotopic (exact) mass is 362 g/mol. The second-order valence-electron chi connectivity index (χ2n) is 4.77. The van der Waals surface area contributed by atoms with Crippen LogP contribution in [0.3, 0.4) is 0 Å². The van der Waals surface area contributed by atoms with Crippen LogP contribution in [0.2, 0.25) is 0 Å². The van der Waals surface area contributed by atoms with E-state index in [9.17, 15) is 9.59 Å². The van der Waals surface area contributed by atoms with Crippen LogP contribution in [0.4, 0.5) is 0 Å². The molecule has 0 bridgehead atoms. The first-order chi connectivity index (χ1) is 10.5. The van der Waals surface area contributed by atoms with E-state index < -0.39 is 12.1 Å². The lowest BCUT2D eigenvalue weighted by Crippen LogP contribution is -2.24. The summed E-state index contributed by atoms with van der Waals surface area (Å²) in [7, 11) is 0. The van der Waals surface area contributed by atoms with E-state index in [-0.39, 0.29) is 12.4 Å². The second-order valence-corrected chi connectivity index (χ2v) is 5.69. The first kappa shape index (κ1) is 16.4. The standard InChI is InChI=1S/C17H15BrO4/c1-11(16(20)13-6-8-15(18)9-7-13)22-17(21)14-4-2-12(10-19)3-5-14/h2-9,11,19H,10H2,1H3/t11-/m1/s1. The van der Waals surface area contributed by atoms with Crippen LogP contribution < -0.4 is 0 Å². The molecule has 2 rings (SSSR count). The molecule has 0 amide bonds. The molecule has 2 aromatic rings. The van der Waals surface area contributed by atoms with Gasteiger partial charge in [-0.15, -0.1) is 0 Å². The van der Waals surface area contributed by atoms with Crippen molar-refractivity contribution in [1.82, 2.24) is 0 Å². The Labute approximate surface area is 136 Å². The normalized spacial score (nSPS) is 11.8. The van der Waals surface area contributed by atoms with E-state index in [4.69, 9.17) is 9.84 Å². The summed E-state index contributed by atoms with van der Waals surface area (Å²) >= 11 is 3.30. The lowest BCUT2D eigenvalue weighted by Gasteiger charge is -2.12. The molecule has 2 aromatic carbocycles. The third kappa shape index (κ3) is 4.02. The van der Waals surface area contributed by atoms with Crippen LogP contribution in [0.25, 0.3) is 0 Å². The summed E-state index contributed by atoms with van der Waals surface area (Å²) in [4.78, 5) is 24.2. The molecule has 1 N–H and O–H groups in total. The predicted octanol–water partition coefficient (Wildman–Crippen LogP) is 3.37. The van der Waals surface area contributed by atoms with Gasteiger partial charge in [0.2, 0.25) is 5.78 Å². The summed E-state index contributed by atoms with van der Waals surface area (Å²) in [5.41, 5.74) is 1.53. The highest BCUT2D eigenvalue weighted by atomic mass is 79.9. The number of esters is 1. The first-order valence-electron chi connectivity index (χ1n) is 6.72. The molecule has 0 spiro atoms. The summed E-state index contributed by atoms with van der Waals surface area (Å²) in [5, 5.41) is 8.97. The number of Topliss-reactive ketones (excluding diaryl/α,β-unsaturated/α-hetero) is 1. The van der Waals surface area contributed by atoms with Crippen LogP contribution in [0.5, 0.6) is 0 Å². The summed E-state index contributed by atoms with van der Waals surface area (Å²) in [5.74, 6) is -0.824. The van der Waals surface area contributed by atoms with Crippen molar-refractivity contribution in [3.63, 3.8) is 0 Å². The zero-order valence-corrected chi connectivity index (χ0v) is 13.5. The average Bonchev–Trinajstić information content (AvgIpc) is 2.54. The van der Waals surface area contributed by atoms with E-state index >= 15 is 0 Å². The summed E-state index contributed by atoms with van der Waals surface area (Å²) < 4.78 is 6.07. The number of aliphatic hydroxyl groups excluding tert-OH is 1. The molecule has 0 aromatic heterocycles. The highest BCUT2D eigenvalue weighted by Crippen LogP contribution is 2.14. The van der Waals surface area contributed by atoms with Gasteiger partial charge in [-0.05, 0) is 36.8 Å². The average molecular weight is 363 g/mol. The summed E-state index contributed by atoms with van der Waals surface area (Å²) in [6.07, 6.45) is -0.869. The van der Waals surface area contributed by atoms with Gasteiger partial charge in [-0.2, -0.15) is 0 Å². The van der Waals surface area contributed by atoms with Gasteiger partial charge in [0.1, 0.15) is 0 Å². The fraction of sp³-hybridized carbons (Fsp3) is 0.176. The van der Waals surface area contributed by atoms with Gasteiger partial charge in [-0.25, -0.2) is 4.79 Å². The summed E-state index contributed by atoms with van der Waals surface area (Å²) in [6, 6.07) is 13.3. The third-order valence-electron chi connectivity index (χ3n) is 3.15.